The van der Waals surface area contributed by atoms with Crippen molar-refractivity contribution in [3.8, 4) is 0 Å². The van der Waals surface area contributed by atoms with E-state index in [9.17, 15) is 13.6 Å². The van der Waals surface area contributed by atoms with Gasteiger partial charge in [0.25, 0.3) is 0 Å². The third-order valence-electron chi connectivity index (χ3n) is 7.57. The second kappa shape index (κ2) is 9.80. The molecule has 4 nitrogen and oxygen atoms in total. The normalized spacial score (nSPS) is 23.4. The number of piperidine rings is 1. The van der Waals surface area contributed by atoms with Gasteiger partial charge >= 0.3 is 0 Å². The zero-order valence-corrected chi connectivity index (χ0v) is 19.2. The molecule has 0 saturated carbocycles. The zero-order valence-electron chi connectivity index (χ0n) is 19.2. The summed E-state index contributed by atoms with van der Waals surface area (Å²) in [6.07, 6.45) is 7.11. The molecule has 3 heterocycles. The van der Waals surface area contributed by atoms with Gasteiger partial charge in [-0.05, 0) is 86.7 Å². The molecule has 2 fully saturated rings. The van der Waals surface area contributed by atoms with Crippen LogP contribution in [-0.4, -0.2) is 54.5 Å². The summed E-state index contributed by atoms with van der Waals surface area (Å²) in [5.41, 5.74) is 3.07. The topological polar surface area (TPSA) is 26.8 Å². The van der Waals surface area contributed by atoms with Crippen molar-refractivity contribution in [2.24, 2.45) is 0 Å². The predicted octanol–water partition coefficient (Wildman–Crippen LogP) is 5.46. The van der Waals surface area contributed by atoms with Crippen molar-refractivity contribution < 1.29 is 13.6 Å². The molecule has 2 atom stereocenters. The number of carbonyl (C=O) groups excluding carboxylic acids is 1. The summed E-state index contributed by atoms with van der Waals surface area (Å²) >= 11 is 0. The highest BCUT2D eigenvalue weighted by atomic mass is 19.1. The number of halogens is 2. The van der Waals surface area contributed by atoms with E-state index in [1.54, 1.807) is 6.07 Å². The van der Waals surface area contributed by atoms with Crippen molar-refractivity contribution in [1.29, 1.82) is 0 Å². The van der Waals surface area contributed by atoms with Gasteiger partial charge in [-0.15, -0.1) is 0 Å². The Bertz CT molecular complexity index is 980. The third-order valence-corrected chi connectivity index (χ3v) is 7.57. The molecule has 5 rings (SSSR count). The van der Waals surface area contributed by atoms with Crippen LogP contribution >= 0.6 is 0 Å². The maximum atomic E-state index is 14.2. The van der Waals surface area contributed by atoms with Crippen LogP contribution in [0.5, 0.6) is 0 Å². The summed E-state index contributed by atoms with van der Waals surface area (Å²) in [5, 5.41) is 0. The van der Waals surface area contributed by atoms with Crippen LogP contribution in [0.25, 0.3) is 0 Å². The molecule has 0 aliphatic carbocycles. The van der Waals surface area contributed by atoms with E-state index in [1.165, 1.54) is 18.2 Å². The van der Waals surface area contributed by atoms with Gasteiger partial charge in [0.05, 0.1) is 0 Å². The Hall–Kier alpha value is -2.47. The Labute approximate surface area is 195 Å². The van der Waals surface area contributed by atoms with Crippen LogP contribution in [0.3, 0.4) is 0 Å². The first-order valence-electron chi connectivity index (χ1n) is 12.4. The van der Waals surface area contributed by atoms with Crippen LogP contribution < -0.4 is 4.90 Å². The molecular formula is C27H33F2N3O. The van der Waals surface area contributed by atoms with E-state index in [4.69, 9.17) is 0 Å². The molecule has 0 spiro atoms. The van der Waals surface area contributed by atoms with Crippen molar-refractivity contribution in [3.05, 3.63) is 59.7 Å². The second-order valence-corrected chi connectivity index (χ2v) is 9.71. The number of likely N-dealkylation sites (tertiary alicyclic amines) is 2. The van der Waals surface area contributed by atoms with Crippen molar-refractivity contribution >= 4 is 17.3 Å². The van der Waals surface area contributed by atoms with Crippen LogP contribution in [0.1, 0.15) is 56.4 Å². The highest BCUT2D eigenvalue weighted by molar-refractivity contribution is 5.76. The van der Waals surface area contributed by atoms with Crippen LogP contribution in [0.15, 0.2) is 42.5 Å². The van der Waals surface area contributed by atoms with Crippen molar-refractivity contribution in [2.45, 2.75) is 56.9 Å². The fourth-order valence-corrected chi connectivity index (χ4v) is 5.89. The minimum absolute atomic E-state index is 0.201. The molecule has 2 aromatic carbocycles. The summed E-state index contributed by atoms with van der Waals surface area (Å²) in [5.74, 6) is 0.110. The highest BCUT2D eigenvalue weighted by Gasteiger charge is 2.42. The Morgan fingerprint density at radius 1 is 0.879 bits per heavy atom. The van der Waals surface area contributed by atoms with Crippen LogP contribution in [0.4, 0.5) is 20.2 Å². The Kier molecular flexibility index (Phi) is 6.63. The molecule has 6 heteroatoms. The molecule has 1 amide bonds. The quantitative estimate of drug-likeness (QED) is 0.544. The number of carbonyl (C=O) groups is 1. The second-order valence-electron chi connectivity index (χ2n) is 9.71. The van der Waals surface area contributed by atoms with Crippen LogP contribution in [-0.2, 0) is 4.79 Å². The molecule has 2 saturated heterocycles. The summed E-state index contributed by atoms with van der Waals surface area (Å²) in [7, 11) is 0. The lowest BCUT2D eigenvalue weighted by Crippen LogP contribution is -2.45. The molecule has 0 bridgehead atoms. The van der Waals surface area contributed by atoms with Crippen molar-refractivity contribution in [1.82, 2.24) is 9.80 Å². The number of unbranched alkanes of at least 4 members (excludes halogenated alkanes) is 1. The van der Waals surface area contributed by atoms with Gasteiger partial charge in [0, 0.05) is 55.9 Å². The minimum Gasteiger partial charge on any atom is -0.343 e. The zero-order chi connectivity index (χ0) is 22.8. The van der Waals surface area contributed by atoms with Gasteiger partial charge < -0.3 is 14.7 Å². The van der Waals surface area contributed by atoms with Crippen molar-refractivity contribution in [2.75, 3.05) is 37.6 Å². The third kappa shape index (κ3) is 4.77. The summed E-state index contributed by atoms with van der Waals surface area (Å²) < 4.78 is 27.7. The standard InChI is InChI=1S/C27H33F2N3O/c28-20-7-10-22(11-8-20)32-25-12-9-21(29)18-23(25)24-19-30(17-13-26(24)32)14-4-5-16-31-15-3-1-2-6-27(31)33/h7-12,18,24,26H,1-6,13-17,19H2/t24-,26+/m0/s1. The van der Waals surface area contributed by atoms with E-state index >= 15 is 0 Å². The molecule has 33 heavy (non-hydrogen) atoms. The largest absolute Gasteiger partial charge is 0.343 e. The van der Waals surface area contributed by atoms with E-state index in [-0.39, 0.29) is 23.6 Å². The maximum Gasteiger partial charge on any atom is 0.222 e. The number of fused-ring (bicyclic) bond motifs is 3. The lowest BCUT2D eigenvalue weighted by molar-refractivity contribution is -0.130. The monoisotopic (exact) mass is 453 g/mol. The molecule has 3 aliphatic heterocycles. The van der Waals surface area contributed by atoms with Gasteiger partial charge in [-0.2, -0.15) is 0 Å². The van der Waals surface area contributed by atoms with E-state index in [2.05, 4.69) is 14.7 Å². The van der Waals surface area contributed by atoms with Gasteiger partial charge in [-0.1, -0.05) is 6.42 Å². The van der Waals surface area contributed by atoms with Crippen molar-refractivity contribution in [3.63, 3.8) is 0 Å². The highest BCUT2D eigenvalue weighted by Crippen LogP contribution is 2.48. The summed E-state index contributed by atoms with van der Waals surface area (Å²) in [6.45, 7) is 4.69. The average molecular weight is 454 g/mol. The minimum atomic E-state index is -0.245. The van der Waals surface area contributed by atoms with Gasteiger partial charge in [-0.25, -0.2) is 8.78 Å². The number of hydrogen-bond acceptors (Lipinski definition) is 3. The molecule has 3 aliphatic rings. The number of amides is 1. The first-order valence-corrected chi connectivity index (χ1v) is 12.4. The molecule has 0 aromatic heterocycles. The fraction of sp³-hybridized carbons (Fsp3) is 0.519. The van der Waals surface area contributed by atoms with E-state index < -0.39 is 0 Å². The Morgan fingerprint density at radius 2 is 1.67 bits per heavy atom. The molecule has 0 N–H and O–H groups in total. The lowest BCUT2D eigenvalue weighted by atomic mass is 9.89. The van der Waals surface area contributed by atoms with Crippen LogP contribution in [0, 0.1) is 11.6 Å². The molecule has 2 aromatic rings. The Morgan fingerprint density at radius 3 is 2.52 bits per heavy atom. The van der Waals surface area contributed by atoms with Gasteiger partial charge in [0.1, 0.15) is 11.6 Å². The first kappa shape index (κ1) is 22.3. The van der Waals surface area contributed by atoms with Gasteiger partial charge in [-0.3, -0.25) is 4.79 Å². The number of benzene rings is 2. The van der Waals surface area contributed by atoms with E-state index in [0.29, 0.717) is 12.3 Å². The lowest BCUT2D eigenvalue weighted by Gasteiger charge is -2.39. The van der Waals surface area contributed by atoms with E-state index in [0.717, 1.165) is 88.2 Å². The summed E-state index contributed by atoms with van der Waals surface area (Å²) in [6, 6.07) is 12.0. The molecule has 0 radical (unpaired) electrons. The number of hydrogen-bond donors (Lipinski definition) is 0. The van der Waals surface area contributed by atoms with Crippen LogP contribution in [0.2, 0.25) is 0 Å². The summed E-state index contributed by atoms with van der Waals surface area (Å²) in [4.78, 5) is 19.0. The number of nitrogens with zero attached hydrogens (tertiary/aromatic N) is 3. The van der Waals surface area contributed by atoms with Gasteiger partial charge in [0.2, 0.25) is 5.91 Å². The molecule has 176 valence electrons. The fourth-order valence-electron chi connectivity index (χ4n) is 5.89. The SMILES string of the molecule is O=C1CCCCCN1CCCCN1CC[C@@H]2[C@@H](C1)c1cc(F)ccc1N2c1ccc(F)cc1. The van der Waals surface area contributed by atoms with E-state index in [1.807, 2.05) is 18.2 Å². The smallest absolute Gasteiger partial charge is 0.222 e. The van der Waals surface area contributed by atoms with Gasteiger partial charge in [0.15, 0.2) is 0 Å². The Balaban J connectivity index is 1.23. The number of rotatable bonds is 6. The first-order chi connectivity index (χ1) is 16.1. The average Bonchev–Trinajstić information content (AvgIpc) is 2.98. The predicted molar refractivity (Wildman–Crippen MR) is 127 cm³/mol. The molecule has 0 unspecified atom stereocenters. The maximum absolute atomic E-state index is 14.2. The molecular weight excluding hydrogens is 420 g/mol. The number of anilines is 2.